The van der Waals surface area contributed by atoms with Crippen LogP contribution in [0.15, 0.2) is 76.5 Å². The first-order valence-electron chi connectivity index (χ1n) is 10.3. The molecule has 0 aliphatic heterocycles. The first-order valence-corrected chi connectivity index (χ1v) is 12.8. The summed E-state index contributed by atoms with van der Waals surface area (Å²) in [6.07, 6.45) is -4.19. The zero-order chi connectivity index (χ0) is 25.6. The number of esters is 1. The van der Waals surface area contributed by atoms with Crippen molar-refractivity contribution < 1.29 is 35.9 Å². The smallest absolute Gasteiger partial charge is 0.465 e. The Morgan fingerprint density at radius 3 is 2.23 bits per heavy atom. The van der Waals surface area contributed by atoms with Gasteiger partial charge in [-0.3, -0.25) is 4.72 Å². The molecule has 0 radical (unpaired) electrons. The van der Waals surface area contributed by atoms with Crippen LogP contribution >= 0.6 is 11.8 Å². The lowest BCUT2D eigenvalue weighted by Crippen LogP contribution is -2.16. The van der Waals surface area contributed by atoms with Crippen LogP contribution in [0.3, 0.4) is 0 Å². The third-order valence-corrected chi connectivity index (χ3v) is 7.31. The van der Waals surface area contributed by atoms with Gasteiger partial charge in [0.25, 0.3) is 10.0 Å². The molecule has 0 atom stereocenters. The van der Waals surface area contributed by atoms with Gasteiger partial charge in [-0.15, -0.1) is 24.9 Å². The summed E-state index contributed by atoms with van der Waals surface area (Å²) in [5.41, 5.74) is 2.01. The largest absolute Gasteiger partial charge is 0.573 e. The van der Waals surface area contributed by atoms with E-state index >= 15 is 0 Å². The number of nitrogens with one attached hydrogen (secondary N) is 1. The highest BCUT2D eigenvalue weighted by Crippen LogP contribution is 2.28. The molecule has 3 aromatic carbocycles. The van der Waals surface area contributed by atoms with Crippen LogP contribution in [-0.4, -0.2) is 27.9 Å². The number of methoxy groups -OCH3 is 1. The number of sulfonamides is 1. The Labute approximate surface area is 205 Å². The molecule has 0 bridgehead atoms. The molecule has 0 unspecified atom stereocenters. The molecule has 11 heteroatoms. The van der Waals surface area contributed by atoms with Crippen molar-refractivity contribution in [1.29, 1.82) is 0 Å². The first kappa shape index (κ1) is 26.4. The number of thioether (sulfide) groups is 1. The number of carbonyl (C=O) groups excluding carboxylic acids is 1. The number of benzene rings is 3. The molecule has 0 aromatic heterocycles. The Balaban J connectivity index is 1.64. The monoisotopic (exact) mass is 525 g/mol. The average Bonchev–Trinajstić information content (AvgIpc) is 2.82. The van der Waals surface area contributed by atoms with E-state index in [1.54, 1.807) is 42.5 Å². The molecule has 0 fully saturated rings. The molecule has 0 saturated heterocycles. The van der Waals surface area contributed by atoms with Gasteiger partial charge in [0.1, 0.15) is 5.75 Å². The maximum Gasteiger partial charge on any atom is 0.573 e. The van der Waals surface area contributed by atoms with Crippen molar-refractivity contribution in [1.82, 2.24) is 0 Å². The zero-order valence-electron chi connectivity index (χ0n) is 18.8. The molecule has 0 saturated carbocycles. The lowest BCUT2D eigenvalue weighted by molar-refractivity contribution is -0.274. The number of rotatable bonds is 9. The van der Waals surface area contributed by atoms with Crippen LogP contribution in [0.5, 0.6) is 5.75 Å². The molecule has 6 nitrogen and oxygen atoms in total. The Morgan fingerprint density at radius 1 is 1.00 bits per heavy atom. The molecular weight excluding hydrogens is 503 g/mol. The quantitative estimate of drug-likeness (QED) is 0.272. The molecule has 35 heavy (non-hydrogen) atoms. The van der Waals surface area contributed by atoms with Crippen LogP contribution in [0.4, 0.5) is 18.9 Å². The molecule has 0 spiro atoms. The second-order valence-electron chi connectivity index (χ2n) is 7.27. The fourth-order valence-electron chi connectivity index (χ4n) is 3.12. The predicted octanol–water partition coefficient (Wildman–Crippen LogP) is 6.03. The minimum absolute atomic E-state index is 0.0634. The van der Waals surface area contributed by atoms with Gasteiger partial charge < -0.3 is 9.47 Å². The van der Waals surface area contributed by atoms with Crippen molar-refractivity contribution in [3.63, 3.8) is 0 Å². The van der Waals surface area contributed by atoms with Gasteiger partial charge in [-0.2, -0.15) is 0 Å². The standard InChI is InChI=1S/C24H22F3NO5S2/c1-3-17-6-13-21(14-22(17)23(29)32-2)35(30,31)28-18-7-11-20(12-8-18)34-15-16-4-9-19(10-5-16)33-24(25,26)27/h4-14,28H,3,15H2,1-2H3. The molecule has 186 valence electrons. The second kappa shape index (κ2) is 11.0. The van der Waals surface area contributed by atoms with Gasteiger partial charge in [0.05, 0.1) is 17.6 Å². The summed E-state index contributed by atoms with van der Waals surface area (Å²) in [7, 11) is -2.71. The van der Waals surface area contributed by atoms with E-state index in [9.17, 15) is 26.4 Å². The van der Waals surface area contributed by atoms with Crippen LogP contribution in [0.1, 0.15) is 28.4 Å². The van der Waals surface area contributed by atoms with Crippen LogP contribution < -0.4 is 9.46 Å². The van der Waals surface area contributed by atoms with E-state index in [0.717, 1.165) is 10.5 Å². The highest BCUT2D eigenvalue weighted by Gasteiger charge is 2.30. The summed E-state index contributed by atoms with van der Waals surface area (Å²) in [5.74, 6) is -0.397. The maximum atomic E-state index is 12.8. The molecule has 0 amide bonds. The second-order valence-corrected chi connectivity index (χ2v) is 10.0. The van der Waals surface area contributed by atoms with Crippen LogP contribution in [0.25, 0.3) is 0 Å². The lowest BCUT2D eigenvalue weighted by atomic mass is 10.1. The molecule has 1 N–H and O–H groups in total. The zero-order valence-corrected chi connectivity index (χ0v) is 20.4. The maximum absolute atomic E-state index is 12.8. The Hall–Kier alpha value is -3.18. The lowest BCUT2D eigenvalue weighted by Gasteiger charge is -2.12. The first-order chi connectivity index (χ1) is 16.5. The van der Waals surface area contributed by atoms with Crippen LogP contribution in [0.2, 0.25) is 0 Å². The number of hydrogen-bond donors (Lipinski definition) is 1. The van der Waals surface area contributed by atoms with Gasteiger partial charge in [0, 0.05) is 16.3 Å². The fraction of sp³-hybridized carbons (Fsp3) is 0.208. The number of ether oxygens (including phenoxy) is 2. The summed E-state index contributed by atoms with van der Waals surface area (Å²) in [6, 6.07) is 16.6. The van der Waals surface area contributed by atoms with E-state index in [1.807, 2.05) is 6.92 Å². The van der Waals surface area contributed by atoms with E-state index in [-0.39, 0.29) is 16.2 Å². The van der Waals surface area contributed by atoms with Crippen molar-refractivity contribution in [3.8, 4) is 5.75 Å². The molecule has 0 aliphatic rings. The number of aryl methyl sites for hydroxylation is 1. The highest BCUT2D eigenvalue weighted by molar-refractivity contribution is 7.98. The Morgan fingerprint density at radius 2 is 1.66 bits per heavy atom. The number of halogens is 3. The summed E-state index contributed by atoms with van der Waals surface area (Å²) < 4.78 is 73.5. The molecule has 3 aromatic rings. The average molecular weight is 526 g/mol. The normalized spacial score (nSPS) is 11.7. The van der Waals surface area contributed by atoms with Gasteiger partial charge in [0.2, 0.25) is 0 Å². The molecule has 0 heterocycles. The van der Waals surface area contributed by atoms with E-state index < -0.39 is 22.4 Å². The number of alkyl halides is 3. The highest BCUT2D eigenvalue weighted by atomic mass is 32.2. The van der Waals surface area contributed by atoms with Gasteiger partial charge >= 0.3 is 12.3 Å². The van der Waals surface area contributed by atoms with E-state index in [0.29, 0.717) is 23.4 Å². The van der Waals surface area contributed by atoms with Gasteiger partial charge in [-0.1, -0.05) is 25.1 Å². The Kier molecular flexibility index (Phi) is 8.34. The summed E-state index contributed by atoms with van der Waals surface area (Å²) in [5, 5.41) is 0. The van der Waals surface area contributed by atoms with Crippen LogP contribution in [0, 0.1) is 0 Å². The van der Waals surface area contributed by atoms with Crippen molar-refractivity contribution in [3.05, 3.63) is 83.4 Å². The fourth-order valence-corrected chi connectivity index (χ4v) is 5.06. The molecule has 3 rings (SSSR count). The Bertz CT molecular complexity index is 1280. The van der Waals surface area contributed by atoms with E-state index in [2.05, 4.69) is 9.46 Å². The van der Waals surface area contributed by atoms with Crippen molar-refractivity contribution in [2.24, 2.45) is 0 Å². The molecule has 0 aliphatic carbocycles. The minimum atomic E-state index is -4.73. The topological polar surface area (TPSA) is 81.7 Å². The minimum Gasteiger partial charge on any atom is -0.465 e. The third kappa shape index (κ3) is 7.40. The number of carbonyl (C=O) groups is 1. The SMILES string of the molecule is CCc1ccc(S(=O)(=O)Nc2ccc(SCc3ccc(OC(F)(F)F)cc3)cc2)cc1C(=O)OC. The summed E-state index contributed by atoms with van der Waals surface area (Å²) in [4.78, 5) is 12.8. The summed E-state index contributed by atoms with van der Waals surface area (Å²) in [6.45, 7) is 1.85. The van der Waals surface area contributed by atoms with Gasteiger partial charge in [-0.05, 0) is 66.1 Å². The third-order valence-electron chi connectivity index (χ3n) is 4.85. The van der Waals surface area contributed by atoms with Gasteiger partial charge in [0.15, 0.2) is 0 Å². The van der Waals surface area contributed by atoms with E-state index in [1.165, 1.54) is 43.1 Å². The van der Waals surface area contributed by atoms with Crippen molar-refractivity contribution >= 4 is 33.4 Å². The molecular formula is C24H22F3NO5S2. The van der Waals surface area contributed by atoms with Crippen molar-refractivity contribution in [2.45, 2.75) is 35.3 Å². The number of anilines is 1. The van der Waals surface area contributed by atoms with Crippen molar-refractivity contribution in [2.75, 3.05) is 11.8 Å². The summed E-state index contributed by atoms with van der Waals surface area (Å²) >= 11 is 1.44. The van der Waals surface area contributed by atoms with E-state index in [4.69, 9.17) is 4.74 Å². The van der Waals surface area contributed by atoms with Gasteiger partial charge in [-0.25, -0.2) is 13.2 Å². The predicted molar refractivity (Wildman–Crippen MR) is 127 cm³/mol. The van der Waals surface area contributed by atoms with Crippen LogP contribution in [-0.2, 0) is 26.9 Å². The number of hydrogen-bond acceptors (Lipinski definition) is 6.